The molecule has 0 atom stereocenters. The van der Waals surface area contributed by atoms with E-state index >= 15 is 0 Å². The van der Waals surface area contributed by atoms with Gasteiger partial charge in [-0.15, -0.1) is 0 Å². The Hall–Kier alpha value is -1.10. The van der Waals surface area contributed by atoms with Crippen molar-refractivity contribution in [1.29, 1.82) is 0 Å². The van der Waals surface area contributed by atoms with Gasteiger partial charge in [0.25, 0.3) is 0 Å². The van der Waals surface area contributed by atoms with Crippen molar-refractivity contribution < 1.29 is 9.13 Å². The number of rotatable bonds is 1. The zero-order chi connectivity index (χ0) is 9.42. The van der Waals surface area contributed by atoms with Crippen LogP contribution in [-0.4, -0.2) is 17.3 Å². The van der Waals surface area contributed by atoms with Crippen LogP contribution in [0.25, 0.3) is 10.9 Å². The maximum Gasteiger partial charge on any atom is 0.216 e. The van der Waals surface area contributed by atoms with Gasteiger partial charge in [0.05, 0.1) is 22.5 Å². The van der Waals surface area contributed by atoms with Crippen molar-refractivity contribution >= 4 is 26.8 Å². The molecule has 3 nitrogen and oxygen atoms in total. The van der Waals surface area contributed by atoms with Crippen LogP contribution in [0.3, 0.4) is 0 Å². The summed E-state index contributed by atoms with van der Waals surface area (Å²) in [6, 6.07) is 3.30. The summed E-state index contributed by atoms with van der Waals surface area (Å²) in [6.45, 7) is 0. The van der Waals surface area contributed by atoms with Gasteiger partial charge in [-0.2, -0.15) is 9.49 Å². The molecule has 1 N–H and O–H groups in total. The van der Waals surface area contributed by atoms with Crippen LogP contribution in [0.15, 0.2) is 16.6 Å². The number of methoxy groups -OCH3 is 1. The third-order valence-corrected chi connectivity index (χ3v) is 2.40. The van der Waals surface area contributed by atoms with Gasteiger partial charge in [-0.05, 0) is 22.0 Å². The van der Waals surface area contributed by atoms with E-state index in [1.54, 1.807) is 19.2 Å². The van der Waals surface area contributed by atoms with Gasteiger partial charge in [0.2, 0.25) is 5.95 Å². The van der Waals surface area contributed by atoms with Gasteiger partial charge in [0, 0.05) is 6.07 Å². The maximum atomic E-state index is 13.0. The number of hydrogen-bond donors (Lipinski definition) is 1. The molecule has 13 heavy (non-hydrogen) atoms. The number of hydrogen-bond acceptors (Lipinski definition) is 2. The number of benzene rings is 1. The van der Waals surface area contributed by atoms with Gasteiger partial charge in [0.15, 0.2) is 0 Å². The summed E-state index contributed by atoms with van der Waals surface area (Å²) < 4.78 is 18.7. The highest BCUT2D eigenvalue weighted by Gasteiger charge is 2.08. The summed E-state index contributed by atoms with van der Waals surface area (Å²) >= 11 is 3.26. The molecule has 0 unspecified atom stereocenters. The van der Waals surface area contributed by atoms with Crippen LogP contribution < -0.4 is 4.74 Å². The number of nitrogens with one attached hydrogen (secondary N) is 1. The molecule has 0 aliphatic carbocycles. The number of aromatic amines is 1. The molecule has 1 heterocycles. The van der Waals surface area contributed by atoms with Gasteiger partial charge in [-0.25, -0.2) is 0 Å². The lowest BCUT2D eigenvalue weighted by Gasteiger charge is -2.01. The van der Waals surface area contributed by atoms with Crippen LogP contribution in [-0.2, 0) is 0 Å². The normalized spacial score (nSPS) is 10.7. The number of ether oxygens (including phenoxy) is 1. The van der Waals surface area contributed by atoms with E-state index in [4.69, 9.17) is 4.74 Å². The third kappa shape index (κ3) is 1.29. The molecule has 5 heteroatoms. The minimum atomic E-state index is -0.432. The van der Waals surface area contributed by atoms with E-state index in [0.717, 1.165) is 0 Å². The van der Waals surface area contributed by atoms with E-state index in [1.807, 2.05) is 0 Å². The molecule has 68 valence electrons. The molecule has 2 aromatic rings. The SMILES string of the molecule is COc1cc2n[nH]c(F)c2cc1Br. The first-order valence-electron chi connectivity index (χ1n) is 3.59. The van der Waals surface area contributed by atoms with Crippen molar-refractivity contribution in [1.82, 2.24) is 10.2 Å². The van der Waals surface area contributed by atoms with Gasteiger partial charge >= 0.3 is 0 Å². The van der Waals surface area contributed by atoms with Gasteiger partial charge in [0.1, 0.15) is 5.75 Å². The predicted molar refractivity (Wildman–Crippen MR) is 50.3 cm³/mol. The summed E-state index contributed by atoms with van der Waals surface area (Å²) in [5.41, 5.74) is 0.553. The van der Waals surface area contributed by atoms with Crippen LogP contribution in [0.4, 0.5) is 4.39 Å². The third-order valence-electron chi connectivity index (χ3n) is 1.78. The first kappa shape index (κ1) is 8.50. The molecule has 2 rings (SSSR count). The summed E-state index contributed by atoms with van der Waals surface area (Å²) in [5, 5.41) is 6.48. The molecule has 0 radical (unpaired) electrons. The van der Waals surface area contributed by atoms with Crippen LogP contribution >= 0.6 is 15.9 Å². The monoisotopic (exact) mass is 244 g/mol. The highest BCUT2D eigenvalue weighted by atomic mass is 79.9. The lowest BCUT2D eigenvalue weighted by Crippen LogP contribution is -1.84. The molecule has 0 aliphatic heterocycles. The molecular formula is C8H6BrFN2O. The van der Waals surface area contributed by atoms with Gasteiger partial charge in [-0.3, -0.25) is 5.10 Å². The lowest BCUT2D eigenvalue weighted by molar-refractivity contribution is 0.412. The van der Waals surface area contributed by atoms with Crippen LogP contribution in [0.1, 0.15) is 0 Å². The minimum Gasteiger partial charge on any atom is -0.495 e. The Morgan fingerprint density at radius 2 is 2.31 bits per heavy atom. The summed E-state index contributed by atoms with van der Waals surface area (Å²) in [4.78, 5) is 0. The molecule has 0 spiro atoms. The molecule has 0 fully saturated rings. The van der Waals surface area contributed by atoms with E-state index in [0.29, 0.717) is 21.1 Å². The zero-order valence-electron chi connectivity index (χ0n) is 6.77. The van der Waals surface area contributed by atoms with Crippen molar-refractivity contribution in [2.24, 2.45) is 0 Å². The Morgan fingerprint density at radius 1 is 1.54 bits per heavy atom. The first-order valence-corrected chi connectivity index (χ1v) is 4.39. The fourth-order valence-electron chi connectivity index (χ4n) is 1.14. The Kier molecular flexibility index (Phi) is 1.95. The number of halogens is 2. The second-order valence-corrected chi connectivity index (χ2v) is 3.40. The van der Waals surface area contributed by atoms with Crippen LogP contribution in [0, 0.1) is 5.95 Å². The van der Waals surface area contributed by atoms with Crippen LogP contribution in [0.5, 0.6) is 5.75 Å². The molecule has 0 bridgehead atoms. The largest absolute Gasteiger partial charge is 0.495 e. The number of aromatic nitrogens is 2. The average molecular weight is 245 g/mol. The number of nitrogens with zero attached hydrogens (tertiary/aromatic N) is 1. The number of H-pyrrole nitrogens is 1. The van der Waals surface area contributed by atoms with Crippen LogP contribution in [0.2, 0.25) is 0 Å². The molecule has 0 saturated heterocycles. The Labute approximate surface area is 82.0 Å². The van der Waals surface area contributed by atoms with E-state index in [1.165, 1.54) is 0 Å². The Morgan fingerprint density at radius 3 is 3.00 bits per heavy atom. The standard InChI is InChI=1S/C8H6BrFN2O/c1-13-7-3-6-4(2-5(7)9)8(10)12-11-6/h2-3H,1H3,(H,11,12). The van der Waals surface area contributed by atoms with Crippen molar-refractivity contribution in [2.45, 2.75) is 0 Å². The lowest BCUT2D eigenvalue weighted by atomic mass is 10.2. The van der Waals surface area contributed by atoms with Crippen molar-refractivity contribution in [3.05, 3.63) is 22.6 Å². The fraction of sp³-hybridized carbons (Fsp3) is 0.125. The Bertz CT molecular complexity index is 455. The van der Waals surface area contributed by atoms with E-state index in [9.17, 15) is 4.39 Å². The maximum absolute atomic E-state index is 13.0. The molecule has 0 aliphatic rings. The smallest absolute Gasteiger partial charge is 0.216 e. The van der Waals surface area contributed by atoms with E-state index in [2.05, 4.69) is 26.1 Å². The van der Waals surface area contributed by atoms with E-state index < -0.39 is 5.95 Å². The second kappa shape index (κ2) is 2.99. The minimum absolute atomic E-state index is 0.432. The summed E-state index contributed by atoms with van der Waals surface area (Å²) in [5.74, 6) is 0.206. The summed E-state index contributed by atoms with van der Waals surface area (Å²) in [7, 11) is 1.55. The molecule has 1 aromatic carbocycles. The predicted octanol–water partition coefficient (Wildman–Crippen LogP) is 2.47. The molecule has 0 saturated carbocycles. The quantitative estimate of drug-likeness (QED) is 0.837. The zero-order valence-corrected chi connectivity index (χ0v) is 8.35. The summed E-state index contributed by atoms with van der Waals surface area (Å²) in [6.07, 6.45) is 0. The van der Waals surface area contributed by atoms with E-state index in [-0.39, 0.29) is 0 Å². The fourth-order valence-corrected chi connectivity index (χ4v) is 1.64. The molecular weight excluding hydrogens is 239 g/mol. The Balaban J connectivity index is 2.76. The highest BCUT2D eigenvalue weighted by Crippen LogP contribution is 2.29. The van der Waals surface area contributed by atoms with Gasteiger partial charge in [-0.1, -0.05) is 0 Å². The highest BCUT2D eigenvalue weighted by molar-refractivity contribution is 9.10. The average Bonchev–Trinajstić information content (AvgIpc) is 2.47. The second-order valence-electron chi connectivity index (χ2n) is 2.54. The number of fused-ring (bicyclic) bond motifs is 1. The topological polar surface area (TPSA) is 37.9 Å². The molecule has 0 amide bonds. The first-order chi connectivity index (χ1) is 6.22. The van der Waals surface area contributed by atoms with Crippen molar-refractivity contribution in [3.63, 3.8) is 0 Å². The molecule has 1 aromatic heterocycles. The van der Waals surface area contributed by atoms with Gasteiger partial charge < -0.3 is 4.74 Å². The van der Waals surface area contributed by atoms with Crippen molar-refractivity contribution in [2.75, 3.05) is 7.11 Å². The van der Waals surface area contributed by atoms with Crippen molar-refractivity contribution in [3.8, 4) is 5.75 Å².